The smallest absolute Gasteiger partial charge is 0.358 e. The van der Waals surface area contributed by atoms with Crippen molar-refractivity contribution < 1.29 is 9.45 Å². The van der Waals surface area contributed by atoms with E-state index in [1.54, 1.807) is 22.9 Å². The van der Waals surface area contributed by atoms with Gasteiger partial charge in [0.2, 0.25) is 11.7 Å². The van der Waals surface area contributed by atoms with Crippen molar-refractivity contribution in [2.45, 2.75) is 26.2 Å². The second kappa shape index (κ2) is 5.86. The fraction of sp³-hybridized carbons (Fsp3) is 0.500. The summed E-state index contributed by atoms with van der Waals surface area (Å²) in [6.45, 7) is 3.25. The van der Waals surface area contributed by atoms with Crippen LogP contribution in [0.4, 0.5) is 11.6 Å². The van der Waals surface area contributed by atoms with Gasteiger partial charge in [0.05, 0.1) is 0 Å². The van der Waals surface area contributed by atoms with Crippen molar-refractivity contribution in [2.24, 2.45) is 5.92 Å². The third kappa shape index (κ3) is 2.62. The molecule has 0 aromatic carbocycles. The normalized spacial score (nSPS) is 18.4. The molecule has 1 aliphatic heterocycles. The van der Waals surface area contributed by atoms with E-state index in [0.29, 0.717) is 41.4 Å². The Balaban J connectivity index is 1.58. The molecular formula is C14H16N6O3S. The number of aromatic nitrogens is 4. The largest absolute Gasteiger partial charge is 0.373 e. The third-order valence-electron chi connectivity index (χ3n) is 4.25. The number of hydrogen-bond donors (Lipinski definition) is 0. The Kier molecular flexibility index (Phi) is 3.68. The molecule has 0 spiro atoms. The van der Waals surface area contributed by atoms with Gasteiger partial charge in [-0.2, -0.15) is 14.4 Å². The van der Waals surface area contributed by atoms with Gasteiger partial charge in [-0.05, 0) is 23.7 Å². The van der Waals surface area contributed by atoms with Crippen LogP contribution >= 0.6 is 11.3 Å². The third-order valence-corrected chi connectivity index (χ3v) is 5.01. The van der Waals surface area contributed by atoms with E-state index >= 15 is 0 Å². The summed E-state index contributed by atoms with van der Waals surface area (Å²) in [5, 5.41) is 17.3. The number of piperidine rings is 1. The van der Waals surface area contributed by atoms with Gasteiger partial charge in [-0.25, -0.2) is 0 Å². The minimum Gasteiger partial charge on any atom is -0.358 e. The Morgan fingerprint density at radius 1 is 1.50 bits per heavy atom. The van der Waals surface area contributed by atoms with Gasteiger partial charge in [-0.3, -0.25) is 0 Å². The summed E-state index contributed by atoms with van der Waals surface area (Å²) in [6.07, 6.45) is 4.41. The Labute approximate surface area is 141 Å². The molecule has 1 unspecified atom stereocenters. The molecule has 0 aliphatic carbocycles. The second-order valence-electron chi connectivity index (χ2n) is 5.96. The first kappa shape index (κ1) is 15.1. The van der Waals surface area contributed by atoms with E-state index in [1.807, 2.05) is 4.90 Å². The molecule has 4 rings (SSSR count). The second-order valence-corrected chi connectivity index (χ2v) is 6.83. The van der Waals surface area contributed by atoms with Crippen molar-refractivity contribution >= 4 is 27.9 Å². The van der Waals surface area contributed by atoms with Crippen LogP contribution in [-0.4, -0.2) is 37.5 Å². The van der Waals surface area contributed by atoms with E-state index in [4.69, 9.17) is 4.52 Å². The number of hydrogen-bond acceptors (Lipinski definition) is 8. The fourth-order valence-corrected chi connectivity index (χ4v) is 3.96. The van der Waals surface area contributed by atoms with Crippen LogP contribution in [0.1, 0.15) is 24.6 Å². The van der Waals surface area contributed by atoms with Crippen molar-refractivity contribution in [3.8, 4) is 0 Å². The predicted octanol–water partition coefficient (Wildman–Crippen LogP) is 2.45. The predicted molar refractivity (Wildman–Crippen MR) is 87.4 cm³/mol. The zero-order chi connectivity index (χ0) is 16.7. The summed E-state index contributed by atoms with van der Waals surface area (Å²) in [7, 11) is 0. The monoisotopic (exact) mass is 348 g/mol. The van der Waals surface area contributed by atoms with E-state index in [1.165, 1.54) is 11.3 Å². The molecule has 1 aliphatic rings. The number of aryl methyl sites for hydroxylation is 1. The first-order valence-electron chi connectivity index (χ1n) is 7.76. The molecule has 10 heteroatoms. The highest BCUT2D eigenvalue weighted by molar-refractivity contribution is 7.15. The average Bonchev–Trinajstić information content (AvgIpc) is 3.22. The molecule has 9 nitrogen and oxygen atoms in total. The SMILES string of the molecule is Cc1nc(CC2CCCN(c3nc4sccn4c3[N+](=O)[O-])C2)no1. The topological polar surface area (TPSA) is 103 Å². The first-order valence-corrected chi connectivity index (χ1v) is 8.64. The molecule has 3 aromatic heterocycles. The summed E-state index contributed by atoms with van der Waals surface area (Å²) in [5.41, 5.74) is 0. The van der Waals surface area contributed by atoms with Crippen LogP contribution in [0.5, 0.6) is 0 Å². The van der Waals surface area contributed by atoms with Crippen LogP contribution in [0.15, 0.2) is 16.1 Å². The Hall–Kier alpha value is -2.49. The van der Waals surface area contributed by atoms with Crippen LogP contribution in [0, 0.1) is 23.0 Å². The Morgan fingerprint density at radius 3 is 3.12 bits per heavy atom. The summed E-state index contributed by atoms with van der Waals surface area (Å²) >= 11 is 1.40. The molecule has 1 atom stereocenters. The maximum Gasteiger partial charge on any atom is 0.373 e. The molecule has 0 radical (unpaired) electrons. The molecule has 0 saturated carbocycles. The molecule has 0 amide bonds. The van der Waals surface area contributed by atoms with Gasteiger partial charge >= 0.3 is 5.82 Å². The first-order chi connectivity index (χ1) is 11.6. The summed E-state index contributed by atoms with van der Waals surface area (Å²) in [6, 6.07) is 0. The molecule has 24 heavy (non-hydrogen) atoms. The van der Waals surface area contributed by atoms with Gasteiger partial charge in [-0.15, -0.1) is 0 Å². The lowest BCUT2D eigenvalue weighted by molar-refractivity contribution is -0.389. The highest BCUT2D eigenvalue weighted by Gasteiger charge is 2.31. The van der Waals surface area contributed by atoms with Gasteiger partial charge in [0.15, 0.2) is 5.82 Å². The summed E-state index contributed by atoms with van der Waals surface area (Å²) < 4.78 is 6.57. The number of fused-ring (bicyclic) bond motifs is 1. The molecule has 0 bridgehead atoms. The van der Waals surface area contributed by atoms with Crippen molar-refractivity contribution in [1.82, 2.24) is 19.5 Å². The number of thiazole rings is 1. The van der Waals surface area contributed by atoms with Gasteiger partial charge in [0.1, 0.15) is 6.20 Å². The summed E-state index contributed by atoms with van der Waals surface area (Å²) in [4.78, 5) is 22.5. The fourth-order valence-electron chi connectivity index (χ4n) is 3.25. The number of nitrogens with zero attached hydrogens (tertiary/aromatic N) is 6. The van der Waals surface area contributed by atoms with E-state index in [0.717, 1.165) is 19.4 Å². The van der Waals surface area contributed by atoms with Gasteiger partial charge < -0.3 is 19.5 Å². The number of imidazole rings is 1. The van der Waals surface area contributed by atoms with Crippen LogP contribution < -0.4 is 4.90 Å². The molecular weight excluding hydrogens is 332 g/mol. The van der Waals surface area contributed by atoms with Gasteiger partial charge in [-0.1, -0.05) is 16.5 Å². The highest BCUT2D eigenvalue weighted by atomic mass is 32.1. The van der Waals surface area contributed by atoms with Crippen LogP contribution in [0.25, 0.3) is 4.96 Å². The van der Waals surface area contributed by atoms with Gasteiger partial charge in [0, 0.05) is 31.8 Å². The van der Waals surface area contributed by atoms with Gasteiger partial charge in [0.25, 0.3) is 4.96 Å². The molecule has 3 aromatic rings. The minimum atomic E-state index is -0.353. The minimum absolute atomic E-state index is 0.0438. The van der Waals surface area contributed by atoms with Crippen LogP contribution in [0.2, 0.25) is 0 Å². The number of rotatable bonds is 4. The van der Waals surface area contributed by atoms with E-state index in [9.17, 15) is 10.1 Å². The zero-order valence-corrected chi connectivity index (χ0v) is 13.9. The molecule has 1 saturated heterocycles. The molecule has 0 N–H and O–H groups in total. The van der Waals surface area contributed by atoms with Crippen molar-refractivity contribution in [2.75, 3.05) is 18.0 Å². The van der Waals surface area contributed by atoms with E-state index in [2.05, 4.69) is 15.1 Å². The maximum atomic E-state index is 11.5. The highest BCUT2D eigenvalue weighted by Crippen LogP contribution is 2.34. The van der Waals surface area contributed by atoms with E-state index in [-0.39, 0.29) is 10.7 Å². The van der Waals surface area contributed by atoms with Crippen molar-refractivity contribution in [3.63, 3.8) is 0 Å². The number of nitro groups is 1. The quantitative estimate of drug-likeness (QED) is 0.527. The zero-order valence-electron chi connectivity index (χ0n) is 13.1. The molecule has 1 fully saturated rings. The Morgan fingerprint density at radius 2 is 2.38 bits per heavy atom. The summed E-state index contributed by atoms with van der Waals surface area (Å²) in [5.74, 6) is 2.08. The van der Waals surface area contributed by atoms with Crippen molar-refractivity contribution in [1.29, 1.82) is 0 Å². The maximum absolute atomic E-state index is 11.5. The average molecular weight is 348 g/mol. The Bertz CT molecular complexity index is 884. The lowest BCUT2D eigenvalue weighted by Gasteiger charge is -2.31. The molecule has 126 valence electrons. The van der Waals surface area contributed by atoms with E-state index < -0.39 is 0 Å². The van der Waals surface area contributed by atoms with Crippen LogP contribution in [0.3, 0.4) is 0 Å². The van der Waals surface area contributed by atoms with Crippen LogP contribution in [-0.2, 0) is 6.42 Å². The lowest BCUT2D eigenvalue weighted by Crippen LogP contribution is -2.37. The lowest BCUT2D eigenvalue weighted by atomic mass is 9.94. The molecule has 4 heterocycles. The van der Waals surface area contributed by atoms with Crippen molar-refractivity contribution in [3.05, 3.63) is 33.4 Å². The number of anilines is 1. The standard InChI is InChI=1S/C14H16N6O3S/c1-9-15-11(17-23-9)7-10-3-2-4-18(8-10)12-13(20(21)22)19-5-6-24-14(19)16-12/h5-6,10H,2-4,7-8H2,1H3.